The van der Waals surface area contributed by atoms with Gasteiger partial charge in [-0.25, -0.2) is 4.79 Å². The van der Waals surface area contributed by atoms with Gasteiger partial charge in [-0.3, -0.25) is 0 Å². The first kappa shape index (κ1) is 15.5. The zero-order chi connectivity index (χ0) is 17.1. The highest BCUT2D eigenvalue weighted by molar-refractivity contribution is 6.05. The zero-order valence-electron chi connectivity index (χ0n) is 12.9. The van der Waals surface area contributed by atoms with Gasteiger partial charge in [-0.2, -0.15) is 0 Å². The highest BCUT2D eigenvalue weighted by Gasteiger charge is 2.16. The predicted octanol–water partition coefficient (Wildman–Crippen LogP) is 1.97. The number of carbonyl (C=O) groups excluding carboxylic acids is 1. The van der Waals surface area contributed by atoms with E-state index >= 15 is 0 Å². The highest BCUT2D eigenvalue weighted by Crippen LogP contribution is 2.24. The zero-order valence-corrected chi connectivity index (χ0v) is 12.9. The fourth-order valence-electron chi connectivity index (χ4n) is 2.14. The number of rotatable bonds is 4. The third-order valence-corrected chi connectivity index (χ3v) is 3.21. The molecule has 0 amide bonds. The summed E-state index contributed by atoms with van der Waals surface area (Å²) < 4.78 is 15.0. The molecule has 0 saturated carbocycles. The predicted molar refractivity (Wildman–Crippen MR) is 83.5 cm³/mol. The lowest BCUT2D eigenvalue weighted by Crippen LogP contribution is -2.12. The number of benzene rings is 2. The number of phenolic OH excluding ortho intramolecular Hbond substituents is 1. The summed E-state index contributed by atoms with van der Waals surface area (Å²) in [7, 11) is 2.75. The minimum absolute atomic E-state index is 0.0347. The van der Waals surface area contributed by atoms with Crippen LogP contribution in [-0.4, -0.2) is 40.2 Å². The number of aromatic hydroxyl groups is 1. The van der Waals surface area contributed by atoms with Crippen molar-refractivity contribution in [3.63, 3.8) is 0 Å². The summed E-state index contributed by atoms with van der Waals surface area (Å²) in [5.41, 5.74) is 0.311. The highest BCUT2D eigenvalue weighted by atomic mass is 16.6. The van der Waals surface area contributed by atoms with Gasteiger partial charge in [0.2, 0.25) is 0 Å². The van der Waals surface area contributed by atoms with Crippen LogP contribution in [0.4, 0.5) is 0 Å². The molecule has 1 heterocycles. The van der Waals surface area contributed by atoms with E-state index in [1.807, 2.05) is 0 Å². The Hall–Kier alpha value is -3.42. The summed E-state index contributed by atoms with van der Waals surface area (Å²) in [6.45, 7) is 0. The summed E-state index contributed by atoms with van der Waals surface area (Å²) in [4.78, 5) is 24.0. The van der Waals surface area contributed by atoms with Crippen molar-refractivity contribution in [2.75, 3.05) is 14.2 Å². The average Bonchev–Trinajstić information content (AvgIpc) is 2.60. The molecule has 0 atom stereocenters. The first-order valence-corrected chi connectivity index (χ1v) is 6.88. The van der Waals surface area contributed by atoms with Gasteiger partial charge in [-0.1, -0.05) is 12.1 Å². The Labute approximate surface area is 136 Å². The number of nitrogens with zero attached hydrogens (tertiary/aromatic N) is 3. The molecule has 3 rings (SSSR count). The summed E-state index contributed by atoms with van der Waals surface area (Å²) in [5, 5.41) is 10.9. The van der Waals surface area contributed by atoms with Gasteiger partial charge >= 0.3 is 24.0 Å². The van der Waals surface area contributed by atoms with Crippen LogP contribution in [0.1, 0.15) is 10.4 Å². The largest absolute Gasteiger partial charge is 0.508 e. The molecule has 0 bridgehead atoms. The van der Waals surface area contributed by atoms with Gasteiger partial charge < -0.3 is 19.3 Å². The Bertz CT molecular complexity index is 891. The summed E-state index contributed by atoms with van der Waals surface area (Å²) in [6.07, 6.45) is 0. The fraction of sp³-hybridized carbons (Fsp3) is 0.125. The molecular formula is C16H13N3O5. The lowest BCUT2D eigenvalue weighted by atomic mass is 10.0. The minimum Gasteiger partial charge on any atom is -0.508 e. The molecule has 122 valence electrons. The number of aromatic nitrogens is 3. The summed E-state index contributed by atoms with van der Waals surface area (Å²) in [5.74, 6) is -0.540. The Kier molecular flexibility index (Phi) is 4.11. The first-order chi connectivity index (χ1) is 11.6. The van der Waals surface area contributed by atoms with Crippen LogP contribution >= 0.6 is 0 Å². The number of esters is 1. The monoisotopic (exact) mass is 327 g/mol. The van der Waals surface area contributed by atoms with Crippen LogP contribution in [0.2, 0.25) is 0 Å². The molecule has 3 aromatic rings. The molecule has 1 aromatic heterocycles. The normalized spacial score (nSPS) is 10.4. The smallest absolute Gasteiger partial charge is 0.346 e. The van der Waals surface area contributed by atoms with E-state index in [-0.39, 0.29) is 23.8 Å². The van der Waals surface area contributed by atoms with Crippen molar-refractivity contribution in [2.45, 2.75) is 0 Å². The number of fused-ring (bicyclic) bond motifs is 1. The number of phenols is 1. The standard InChI is InChI=1S/C16H13N3O5/c1-22-14-17-15(23-2)19-16(18-14)24-13(21)12-5-3-4-9-8-10(20)6-7-11(9)12/h3-8,20H,1-2H3. The second kappa shape index (κ2) is 6.37. The molecule has 0 aliphatic heterocycles. The van der Waals surface area contributed by atoms with Gasteiger partial charge in [0.1, 0.15) is 5.75 Å². The second-order valence-corrected chi connectivity index (χ2v) is 4.69. The molecule has 0 fully saturated rings. The molecule has 1 N–H and O–H groups in total. The van der Waals surface area contributed by atoms with Crippen molar-refractivity contribution in [2.24, 2.45) is 0 Å². The van der Waals surface area contributed by atoms with Gasteiger partial charge in [0.25, 0.3) is 0 Å². The third kappa shape index (κ3) is 3.02. The number of hydrogen-bond donors (Lipinski definition) is 1. The van der Waals surface area contributed by atoms with Crippen molar-refractivity contribution in [3.8, 4) is 23.8 Å². The molecule has 24 heavy (non-hydrogen) atoms. The van der Waals surface area contributed by atoms with Crippen LogP contribution < -0.4 is 14.2 Å². The number of ether oxygens (including phenoxy) is 3. The van der Waals surface area contributed by atoms with Crippen molar-refractivity contribution in [1.82, 2.24) is 15.0 Å². The number of hydrogen-bond acceptors (Lipinski definition) is 8. The molecule has 0 spiro atoms. The first-order valence-electron chi connectivity index (χ1n) is 6.88. The van der Waals surface area contributed by atoms with Crippen molar-refractivity contribution < 1.29 is 24.1 Å². The van der Waals surface area contributed by atoms with Gasteiger partial charge in [0.05, 0.1) is 19.8 Å². The van der Waals surface area contributed by atoms with E-state index in [9.17, 15) is 9.90 Å². The van der Waals surface area contributed by atoms with Crippen LogP contribution in [0.3, 0.4) is 0 Å². The van der Waals surface area contributed by atoms with Gasteiger partial charge in [0.15, 0.2) is 0 Å². The Morgan fingerprint density at radius 1 is 0.958 bits per heavy atom. The third-order valence-electron chi connectivity index (χ3n) is 3.21. The molecule has 8 nitrogen and oxygen atoms in total. The molecule has 0 unspecified atom stereocenters. The van der Waals surface area contributed by atoms with E-state index in [0.717, 1.165) is 0 Å². The average molecular weight is 327 g/mol. The summed E-state index contributed by atoms with van der Waals surface area (Å²) >= 11 is 0. The van der Waals surface area contributed by atoms with Crippen molar-refractivity contribution in [3.05, 3.63) is 42.0 Å². The maximum atomic E-state index is 12.4. The number of methoxy groups -OCH3 is 2. The summed E-state index contributed by atoms with van der Waals surface area (Å²) in [6, 6.07) is 9.45. The Morgan fingerprint density at radius 3 is 2.29 bits per heavy atom. The molecule has 0 aliphatic carbocycles. The minimum atomic E-state index is -0.651. The molecule has 2 aromatic carbocycles. The Balaban J connectivity index is 1.96. The van der Waals surface area contributed by atoms with E-state index < -0.39 is 5.97 Å². The lowest BCUT2D eigenvalue weighted by molar-refractivity contribution is 0.0718. The molecular weight excluding hydrogens is 314 g/mol. The van der Waals surface area contributed by atoms with E-state index in [1.165, 1.54) is 20.3 Å². The second-order valence-electron chi connectivity index (χ2n) is 4.69. The maximum absolute atomic E-state index is 12.4. The Morgan fingerprint density at radius 2 is 1.62 bits per heavy atom. The molecule has 0 saturated heterocycles. The lowest BCUT2D eigenvalue weighted by Gasteiger charge is -2.08. The topological polar surface area (TPSA) is 104 Å². The fourth-order valence-corrected chi connectivity index (χ4v) is 2.14. The van der Waals surface area contributed by atoms with Crippen LogP contribution in [0.25, 0.3) is 10.8 Å². The van der Waals surface area contributed by atoms with E-state index in [2.05, 4.69) is 15.0 Å². The van der Waals surface area contributed by atoms with Crippen LogP contribution in [-0.2, 0) is 0 Å². The molecule has 0 radical (unpaired) electrons. The van der Waals surface area contributed by atoms with E-state index in [0.29, 0.717) is 16.3 Å². The SMILES string of the molecule is COc1nc(OC)nc(OC(=O)c2cccc3cc(O)ccc23)n1. The van der Waals surface area contributed by atoms with Crippen LogP contribution in [0, 0.1) is 0 Å². The van der Waals surface area contributed by atoms with E-state index in [1.54, 1.807) is 30.3 Å². The van der Waals surface area contributed by atoms with Gasteiger partial charge in [-0.05, 0) is 35.0 Å². The molecule has 0 aliphatic rings. The van der Waals surface area contributed by atoms with E-state index in [4.69, 9.17) is 14.2 Å². The van der Waals surface area contributed by atoms with Gasteiger partial charge in [0, 0.05) is 0 Å². The van der Waals surface area contributed by atoms with Gasteiger partial charge in [-0.15, -0.1) is 15.0 Å². The van der Waals surface area contributed by atoms with Crippen molar-refractivity contribution >= 4 is 16.7 Å². The van der Waals surface area contributed by atoms with Crippen LogP contribution in [0.15, 0.2) is 36.4 Å². The molecule has 8 heteroatoms. The maximum Gasteiger partial charge on any atom is 0.346 e. The van der Waals surface area contributed by atoms with Crippen molar-refractivity contribution in [1.29, 1.82) is 0 Å². The quantitative estimate of drug-likeness (QED) is 0.725. The van der Waals surface area contributed by atoms with Crippen LogP contribution in [0.5, 0.6) is 23.8 Å². The number of carbonyl (C=O) groups is 1.